The number of carbonyl (C=O) groups is 4. The zero-order valence-corrected chi connectivity index (χ0v) is 22.1. The molecule has 0 saturated heterocycles. The van der Waals surface area contributed by atoms with E-state index in [2.05, 4.69) is 33.6 Å². The van der Waals surface area contributed by atoms with Gasteiger partial charge in [-0.2, -0.15) is 12.6 Å². The molecule has 0 aliphatic rings. The van der Waals surface area contributed by atoms with Crippen LogP contribution in [0.5, 0.6) is 0 Å². The molecule has 0 spiro atoms. The highest BCUT2D eigenvalue weighted by molar-refractivity contribution is 7.80. The van der Waals surface area contributed by atoms with Crippen molar-refractivity contribution in [2.75, 3.05) is 12.3 Å². The van der Waals surface area contributed by atoms with E-state index in [1.807, 2.05) is 24.3 Å². The minimum absolute atomic E-state index is 0.0927. The van der Waals surface area contributed by atoms with Crippen LogP contribution >= 0.6 is 12.6 Å². The zero-order chi connectivity index (χ0) is 27.5. The molecule has 1 aromatic heterocycles. The first-order valence-electron chi connectivity index (χ1n) is 12.3. The van der Waals surface area contributed by atoms with Crippen molar-refractivity contribution in [3.8, 4) is 0 Å². The second kappa shape index (κ2) is 14.6. The van der Waals surface area contributed by atoms with Gasteiger partial charge in [0.25, 0.3) is 0 Å². The summed E-state index contributed by atoms with van der Waals surface area (Å²) in [4.78, 5) is 53.7. The van der Waals surface area contributed by atoms with Crippen molar-refractivity contribution in [2.24, 2.45) is 17.4 Å². The van der Waals surface area contributed by atoms with Crippen molar-refractivity contribution in [1.29, 1.82) is 0 Å². The molecule has 4 unspecified atom stereocenters. The number of H-pyrrole nitrogens is 1. The Bertz CT molecular complexity index is 1070. The van der Waals surface area contributed by atoms with E-state index in [9.17, 15) is 24.3 Å². The summed E-state index contributed by atoms with van der Waals surface area (Å²) in [6.45, 7) is 4.03. The van der Waals surface area contributed by atoms with E-state index in [-0.39, 0.29) is 18.1 Å². The smallest absolute Gasteiger partial charge is 0.327 e. The molecule has 4 atom stereocenters. The average Bonchev–Trinajstić information content (AvgIpc) is 3.28. The van der Waals surface area contributed by atoms with Gasteiger partial charge in [0.2, 0.25) is 17.7 Å². The largest absolute Gasteiger partial charge is 0.480 e. The van der Waals surface area contributed by atoms with Gasteiger partial charge >= 0.3 is 5.97 Å². The third-order valence-electron chi connectivity index (χ3n) is 6.13. The standard InChI is InChI=1S/C25H38N6O5S/c1-14(2)21(27)24(34)29-18(9-5-6-10-26)22(32)30-19(23(33)31-20(13-37)25(35)36)11-15-12-28-17-8-4-3-7-16(15)17/h3-4,7-8,12,14,18-21,28,37H,5-6,9-11,13,26-27H2,1-2H3,(H,29,34)(H,30,32)(H,31,33)(H,35,36). The van der Waals surface area contributed by atoms with Crippen LogP contribution in [0.4, 0.5) is 0 Å². The van der Waals surface area contributed by atoms with Crippen molar-refractivity contribution in [1.82, 2.24) is 20.9 Å². The van der Waals surface area contributed by atoms with E-state index in [1.165, 1.54) is 0 Å². The predicted octanol–water partition coefficient (Wildman–Crippen LogP) is 0.292. The molecule has 0 fully saturated rings. The number of carboxylic acids is 1. The number of hydrogen-bond donors (Lipinski definition) is 8. The summed E-state index contributed by atoms with van der Waals surface area (Å²) in [6, 6.07) is 3.40. The maximum Gasteiger partial charge on any atom is 0.327 e. The van der Waals surface area contributed by atoms with Gasteiger partial charge in [-0.15, -0.1) is 0 Å². The lowest BCUT2D eigenvalue weighted by Gasteiger charge is -2.25. The monoisotopic (exact) mass is 534 g/mol. The van der Waals surface area contributed by atoms with Crippen LogP contribution in [-0.2, 0) is 25.6 Å². The minimum atomic E-state index is -1.24. The molecule has 11 nitrogen and oxygen atoms in total. The van der Waals surface area contributed by atoms with E-state index in [0.717, 1.165) is 16.5 Å². The quantitative estimate of drug-likeness (QED) is 0.119. The lowest BCUT2D eigenvalue weighted by Crippen LogP contribution is -2.58. The van der Waals surface area contributed by atoms with Crippen LogP contribution in [0.2, 0.25) is 0 Å². The highest BCUT2D eigenvalue weighted by Gasteiger charge is 2.31. The molecule has 37 heavy (non-hydrogen) atoms. The van der Waals surface area contributed by atoms with Crippen molar-refractivity contribution in [3.05, 3.63) is 36.0 Å². The summed E-state index contributed by atoms with van der Waals surface area (Å²) in [5, 5.41) is 18.1. The van der Waals surface area contributed by atoms with E-state index < -0.39 is 47.9 Å². The molecule has 12 heteroatoms. The predicted molar refractivity (Wildman–Crippen MR) is 145 cm³/mol. The number of carboxylic acid groups (broad SMARTS) is 1. The molecule has 204 valence electrons. The summed E-state index contributed by atoms with van der Waals surface area (Å²) in [5.41, 5.74) is 13.2. The van der Waals surface area contributed by atoms with Crippen molar-refractivity contribution in [2.45, 2.75) is 63.7 Å². The maximum absolute atomic E-state index is 13.3. The highest BCUT2D eigenvalue weighted by atomic mass is 32.1. The number of para-hydroxylation sites is 1. The zero-order valence-electron chi connectivity index (χ0n) is 21.2. The lowest BCUT2D eigenvalue weighted by molar-refractivity contribution is -0.141. The van der Waals surface area contributed by atoms with Crippen LogP contribution in [0.1, 0.15) is 38.7 Å². The van der Waals surface area contributed by atoms with Crippen LogP contribution in [-0.4, -0.2) is 70.2 Å². The first kappa shape index (κ1) is 30.1. The molecule has 0 bridgehead atoms. The summed E-state index contributed by atoms with van der Waals surface area (Å²) in [6.07, 6.45) is 3.36. The fourth-order valence-corrected chi connectivity index (χ4v) is 4.04. The number of amides is 3. The molecule has 1 heterocycles. The normalized spacial score (nSPS) is 14.5. The number of aromatic nitrogens is 1. The van der Waals surface area contributed by atoms with Crippen LogP contribution < -0.4 is 27.4 Å². The SMILES string of the molecule is CC(C)C(N)C(=O)NC(CCCCN)C(=O)NC(Cc1c[nH]c2ccccc12)C(=O)NC(CS)C(=O)O. The van der Waals surface area contributed by atoms with E-state index >= 15 is 0 Å². The van der Waals surface area contributed by atoms with Gasteiger partial charge in [0, 0.05) is 29.3 Å². The second-order valence-corrected chi connectivity index (χ2v) is 9.69. The number of fused-ring (bicyclic) bond motifs is 1. The molecular formula is C25H38N6O5S. The Hall–Kier alpha value is -3.09. The molecule has 2 aromatic rings. The van der Waals surface area contributed by atoms with Crippen molar-refractivity contribution in [3.63, 3.8) is 0 Å². The topological polar surface area (TPSA) is 192 Å². The molecule has 0 saturated carbocycles. The summed E-state index contributed by atoms with van der Waals surface area (Å²) < 4.78 is 0. The van der Waals surface area contributed by atoms with Crippen LogP contribution in [0, 0.1) is 5.92 Å². The third kappa shape index (κ3) is 8.76. The number of carbonyl (C=O) groups excluding carboxylic acids is 3. The summed E-state index contributed by atoms with van der Waals surface area (Å²) in [7, 11) is 0. The third-order valence-corrected chi connectivity index (χ3v) is 6.50. The minimum Gasteiger partial charge on any atom is -0.480 e. The molecule has 1 aromatic carbocycles. The molecular weight excluding hydrogens is 496 g/mol. The van der Waals surface area contributed by atoms with E-state index in [0.29, 0.717) is 25.8 Å². The van der Waals surface area contributed by atoms with Gasteiger partial charge in [-0.1, -0.05) is 32.0 Å². The molecule has 0 aliphatic carbocycles. The van der Waals surface area contributed by atoms with Gasteiger partial charge < -0.3 is 37.5 Å². The van der Waals surface area contributed by atoms with Gasteiger partial charge in [-0.05, 0) is 43.4 Å². The fraction of sp³-hybridized carbons (Fsp3) is 0.520. The summed E-state index contributed by atoms with van der Waals surface area (Å²) >= 11 is 4.00. The molecule has 3 amide bonds. The Morgan fingerprint density at radius 1 is 0.973 bits per heavy atom. The highest BCUT2D eigenvalue weighted by Crippen LogP contribution is 2.19. The van der Waals surface area contributed by atoms with Gasteiger partial charge in [0.1, 0.15) is 18.1 Å². The van der Waals surface area contributed by atoms with E-state index in [1.54, 1.807) is 20.0 Å². The number of aliphatic carboxylic acids is 1. The van der Waals surface area contributed by atoms with Gasteiger partial charge in [0.05, 0.1) is 6.04 Å². The fourth-order valence-electron chi connectivity index (χ4n) is 3.79. The Kier molecular flexibility index (Phi) is 11.9. The lowest BCUT2D eigenvalue weighted by atomic mass is 10.0. The first-order chi connectivity index (χ1) is 17.6. The van der Waals surface area contributed by atoms with Crippen LogP contribution in [0.25, 0.3) is 10.9 Å². The Morgan fingerprint density at radius 2 is 1.59 bits per heavy atom. The van der Waals surface area contributed by atoms with Gasteiger partial charge in [0.15, 0.2) is 0 Å². The number of benzene rings is 1. The van der Waals surface area contributed by atoms with Crippen LogP contribution in [0.3, 0.4) is 0 Å². The average molecular weight is 535 g/mol. The number of rotatable bonds is 15. The maximum atomic E-state index is 13.3. The Morgan fingerprint density at radius 3 is 2.22 bits per heavy atom. The van der Waals surface area contributed by atoms with Crippen molar-refractivity contribution < 1.29 is 24.3 Å². The van der Waals surface area contributed by atoms with Crippen molar-refractivity contribution >= 4 is 47.2 Å². The molecule has 2 rings (SSSR count). The number of thiol groups is 1. The molecule has 0 aliphatic heterocycles. The number of unbranched alkanes of at least 4 members (excludes halogenated alkanes) is 1. The number of aromatic amines is 1. The molecule has 0 radical (unpaired) electrons. The molecule has 9 N–H and O–H groups in total. The second-order valence-electron chi connectivity index (χ2n) is 9.32. The Balaban J connectivity index is 2.29. The first-order valence-corrected chi connectivity index (χ1v) is 13.0. The van der Waals surface area contributed by atoms with Gasteiger partial charge in [-0.25, -0.2) is 4.79 Å². The number of hydrogen-bond acceptors (Lipinski definition) is 7. The number of nitrogens with one attached hydrogen (secondary N) is 4. The van der Waals surface area contributed by atoms with E-state index in [4.69, 9.17) is 11.5 Å². The Labute approximate surface area is 221 Å². The van der Waals surface area contributed by atoms with Gasteiger partial charge in [-0.3, -0.25) is 14.4 Å². The van der Waals surface area contributed by atoms with Crippen LogP contribution in [0.15, 0.2) is 30.5 Å². The summed E-state index contributed by atoms with van der Waals surface area (Å²) in [5.74, 6) is -3.22. The number of nitrogens with two attached hydrogens (primary N) is 2.